The zero-order valence-electron chi connectivity index (χ0n) is 10.8. The summed E-state index contributed by atoms with van der Waals surface area (Å²) in [6, 6.07) is 3.90. The maximum absolute atomic E-state index is 13.0. The van der Waals surface area contributed by atoms with Gasteiger partial charge in [-0.05, 0) is 43.9 Å². The Labute approximate surface area is 117 Å². The lowest BCUT2D eigenvalue weighted by Crippen LogP contribution is -2.46. The van der Waals surface area contributed by atoms with E-state index < -0.39 is 5.82 Å². The van der Waals surface area contributed by atoms with Crippen LogP contribution in [0.4, 0.5) is 4.39 Å². The lowest BCUT2D eigenvalue weighted by molar-refractivity contribution is 0.0489. The number of piperidine rings is 1. The average molecular weight is 286 g/mol. The molecule has 1 fully saturated rings. The molecule has 1 aromatic carbocycles. The van der Waals surface area contributed by atoms with Gasteiger partial charge in [0.1, 0.15) is 5.82 Å². The number of halogens is 2. The summed E-state index contributed by atoms with van der Waals surface area (Å²) < 4.78 is 13.0. The van der Waals surface area contributed by atoms with Gasteiger partial charge in [-0.1, -0.05) is 11.6 Å². The Hall–Kier alpha value is -1.13. The zero-order valence-corrected chi connectivity index (χ0v) is 11.5. The third kappa shape index (κ3) is 3.07. The molecule has 1 aliphatic heterocycles. The Morgan fingerprint density at radius 1 is 1.53 bits per heavy atom. The van der Waals surface area contributed by atoms with Gasteiger partial charge in [0.15, 0.2) is 0 Å². The predicted molar refractivity (Wildman–Crippen MR) is 71.7 cm³/mol. The van der Waals surface area contributed by atoms with Gasteiger partial charge in [0.05, 0.1) is 10.6 Å². The molecule has 0 saturated carbocycles. The summed E-state index contributed by atoms with van der Waals surface area (Å²) >= 11 is 5.92. The number of rotatable bonds is 2. The Balaban J connectivity index is 2.22. The van der Waals surface area contributed by atoms with Crippen molar-refractivity contribution in [1.29, 1.82) is 0 Å². The van der Waals surface area contributed by atoms with Gasteiger partial charge in [-0.3, -0.25) is 4.79 Å². The normalized spacial score (nSPS) is 23.5. The third-order valence-electron chi connectivity index (χ3n) is 3.66. The van der Waals surface area contributed by atoms with Gasteiger partial charge in [-0.15, -0.1) is 0 Å². The number of nitrogens with zero attached hydrogens (tertiary/aromatic N) is 1. The van der Waals surface area contributed by atoms with Crippen LogP contribution in [0.1, 0.15) is 30.1 Å². The Bertz CT molecular complexity index is 481. The van der Waals surface area contributed by atoms with Crippen molar-refractivity contribution in [3.63, 3.8) is 0 Å². The Morgan fingerprint density at radius 2 is 2.26 bits per heavy atom. The quantitative estimate of drug-likeness (QED) is 0.908. The summed E-state index contributed by atoms with van der Waals surface area (Å²) in [7, 11) is 0. The van der Waals surface area contributed by atoms with Crippen molar-refractivity contribution in [2.24, 2.45) is 5.92 Å². The molecule has 2 unspecified atom stereocenters. The fourth-order valence-corrected chi connectivity index (χ4v) is 2.68. The lowest BCUT2D eigenvalue weighted by Gasteiger charge is -2.37. The topological polar surface area (TPSA) is 40.5 Å². The molecule has 0 aromatic heterocycles. The summed E-state index contributed by atoms with van der Waals surface area (Å²) in [6.45, 7) is 2.57. The number of hydrogen-bond donors (Lipinski definition) is 1. The third-order valence-corrected chi connectivity index (χ3v) is 3.97. The minimum Gasteiger partial charge on any atom is -0.396 e. The fraction of sp³-hybridized carbons (Fsp3) is 0.500. The minimum atomic E-state index is -0.457. The number of likely N-dealkylation sites (tertiary alicyclic amines) is 1. The van der Waals surface area contributed by atoms with Crippen LogP contribution in [-0.2, 0) is 0 Å². The maximum atomic E-state index is 13.0. The molecule has 5 heteroatoms. The van der Waals surface area contributed by atoms with E-state index in [4.69, 9.17) is 11.6 Å². The molecule has 19 heavy (non-hydrogen) atoms. The van der Waals surface area contributed by atoms with Crippen LogP contribution in [0.3, 0.4) is 0 Å². The highest BCUT2D eigenvalue weighted by Gasteiger charge is 2.30. The SMILES string of the molecule is CC1CCC(CO)CN1C(=O)c1ccc(F)cc1Cl. The molecule has 1 saturated heterocycles. The molecule has 0 bridgehead atoms. The number of amides is 1. The molecule has 104 valence electrons. The number of aliphatic hydroxyl groups excluding tert-OH is 1. The molecule has 0 spiro atoms. The van der Waals surface area contributed by atoms with Crippen LogP contribution in [0.25, 0.3) is 0 Å². The molecule has 1 aromatic rings. The number of hydrogen-bond acceptors (Lipinski definition) is 2. The first-order valence-electron chi connectivity index (χ1n) is 6.39. The first kappa shape index (κ1) is 14.3. The van der Waals surface area contributed by atoms with Gasteiger partial charge in [0, 0.05) is 19.2 Å². The summed E-state index contributed by atoms with van der Waals surface area (Å²) in [5.41, 5.74) is 0.313. The lowest BCUT2D eigenvalue weighted by atomic mass is 9.93. The Morgan fingerprint density at radius 3 is 2.89 bits per heavy atom. The first-order chi connectivity index (χ1) is 9.02. The van der Waals surface area contributed by atoms with Crippen molar-refractivity contribution >= 4 is 17.5 Å². The monoisotopic (exact) mass is 285 g/mol. The number of benzene rings is 1. The molecule has 1 N–H and O–H groups in total. The van der Waals surface area contributed by atoms with Crippen LogP contribution in [-0.4, -0.2) is 35.1 Å². The summed E-state index contributed by atoms with van der Waals surface area (Å²) in [4.78, 5) is 14.2. The molecular formula is C14H17ClFNO2. The molecule has 0 radical (unpaired) electrons. The van der Waals surface area contributed by atoms with Gasteiger partial charge < -0.3 is 10.0 Å². The van der Waals surface area contributed by atoms with Gasteiger partial charge in [0.25, 0.3) is 5.91 Å². The van der Waals surface area contributed by atoms with E-state index in [1.807, 2.05) is 6.92 Å². The van der Waals surface area contributed by atoms with E-state index in [2.05, 4.69) is 0 Å². The van der Waals surface area contributed by atoms with Crippen LogP contribution >= 0.6 is 11.6 Å². The van der Waals surface area contributed by atoms with E-state index in [-0.39, 0.29) is 29.5 Å². The number of carbonyl (C=O) groups excluding carboxylic acids is 1. The summed E-state index contributed by atoms with van der Waals surface area (Å²) in [5.74, 6) is -0.545. The molecule has 2 rings (SSSR count). The van der Waals surface area contributed by atoms with E-state index in [9.17, 15) is 14.3 Å². The average Bonchev–Trinajstić information content (AvgIpc) is 2.38. The smallest absolute Gasteiger partial charge is 0.255 e. The highest BCUT2D eigenvalue weighted by Crippen LogP contribution is 2.26. The highest BCUT2D eigenvalue weighted by atomic mass is 35.5. The van der Waals surface area contributed by atoms with Crippen molar-refractivity contribution in [3.05, 3.63) is 34.6 Å². The van der Waals surface area contributed by atoms with Crippen LogP contribution in [0.2, 0.25) is 5.02 Å². The molecule has 2 atom stereocenters. The maximum Gasteiger partial charge on any atom is 0.255 e. The van der Waals surface area contributed by atoms with E-state index in [1.54, 1.807) is 4.90 Å². The minimum absolute atomic E-state index is 0.0770. The summed E-state index contributed by atoms with van der Waals surface area (Å²) in [5, 5.41) is 9.35. The highest BCUT2D eigenvalue weighted by molar-refractivity contribution is 6.33. The first-order valence-corrected chi connectivity index (χ1v) is 6.77. The van der Waals surface area contributed by atoms with Crippen molar-refractivity contribution < 1.29 is 14.3 Å². The van der Waals surface area contributed by atoms with Crippen LogP contribution in [0.5, 0.6) is 0 Å². The number of aliphatic hydroxyl groups is 1. The van der Waals surface area contributed by atoms with E-state index >= 15 is 0 Å². The van der Waals surface area contributed by atoms with Crippen molar-refractivity contribution in [3.8, 4) is 0 Å². The van der Waals surface area contributed by atoms with Crippen LogP contribution in [0, 0.1) is 11.7 Å². The predicted octanol–water partition coefficient (Wildman–Crippen LogP) is 2.71. The van der Waals surface area contributed by atoms with Gasteiger partial charge in [0.2, 0.25) is 0 Å². The van der Waals surface area contributed by atoms with Crippen molar-refractivity contribution in [2.45, 2.75) is 25.8 Å². The molecule has 1 heterocycles. The molecular weight excluding hydrogens is 269 g/mol. The van der Waals surface area contributed by atoms with Gasteiger partial charge in [-0.2, -0.15) is 0 Å². The zero-order chi connectivity index (χ0) is 14.0. The Kier molecular flexibility index (Phi) is 4.42. The van der Waals surface area contributed by atoms with E-state index in [1.165, 1.54) is 12.1 Å². The van der Waals surface area contributed by atoms with Crippen LogP contribution < -0.4 is 0 Å². The molecule has 3 nitrogen and oxygen atoms in total. The standard InChI is InChI=1S/C14H17ClFNO2/c1-9-2-3-10(8-18)7-17(9)14(19)12-5-4-11(16)6-13(12)15/h4-6,9-10,18H,2-3,7-8H2,1H3. The fourth-order valence-electron chi connectivity index (χ4n) is 2.43. The van der Waals surface area contributed by atoms with Crippen molar-refractivity contribution in [1.82, 2.24) is 4.90 Å². The van der Waals surface area contributed by atoms with E-state index in [0.717, 1.165) is 18.9 Å². The van der Waals surface area contributed by atoms with Gasteiger partial charge in [-0.25, -0.2) is 4.39 Å². The van der Waals surface area contributed by atoms with E-state index in [0.29, 0.717) is 12.1 Å². The number of carbonyl (C=O) groups is 1. The van der Waals surface area contributed by atoms with Crippen molar-refractivity contribution in [2.75, 3.05) is 13.2 Å². The summed E-state index contributed by atoms with van der Waals surface area (Å²) in [6.07, 6.45) is 1.77. The second-order valence-corrected chi connectivity index (χ2v) is 5.46. The largest absolute Gasteiger partial charge is 0.396 e. The second-order valence-electron chi connectivity index (χ2n) is 5.06. The van der Waals surface area contributed by atoms with Gasteiger partial charge >= 0.3 is 0 Å². The second kappa shape index (κ2) is 5.88. The molecule has 0 aliphatic carbocycles. The van der Waals surface area contributed by atoms with Crippen LogP contribution in [0.15, 0.2) is 18.2 Å². The molecule has 1 aliphatic rings. The molecule has 1 amide bonds.